The van der Waals surface area contributed by atoms with Gasteiger partial charge in [-0.25, -0.2) is 4.79 Å². The molecule has 0 bridgehead atoms. The Balaban J connectivity index is 2.06. The lowest BCUT2D eigenvalue weighted by molar-refractivity contribution is -0.119. The first-order valence-electron chi connectivity index (χ1n) is 6.54. The normalized spacial score (nSPS) is 22.3. The van der Waals surface area contributed by atoms with E-state index in [0.29, 0.717) is 11.6 Å². The topological polar surface area (TPSA) is 78.4 Å². The van der Waals surface area contributed by atoms with E-state index in [0.717, 1.165) is 19.4 Å². The van der Waals surface area contributed by atoms with Crippen molar-refractivity contribution >= 4 is 29.2 Å². The molecule has 2 unspecified atom stereocenters. The fraction of sp³-hybridized carbons (Fsp3) is 0.429. The largest absolute Gasteiger partial charge is 0.478 e. The van der Waals surface area contributed by atoms with Gasteiger partial charge in [-0.2, -0.15) is 0 Å². The zero-order valence-corrected chi connectivity index (χ0v) is 11.9. The Hall–Kier alpha value is -1.59. The van der Waals surface area contributed by atoms with Crippen LogP contribution in [0.5, 0.6) is 0 Å². The lowest BCUT2D eigenvalue weighted by Crippen LogP contribution is -2.45. The van der Waals surface area contributed by atoms with Crippen LogP contribution < -0.4 is 10.6 Å². The average Bonchev–Trinajstić information content (AvgIpc) is 2.40. The van der Waals surface area contributed by atoms with Crippen molar-refractivity contribution in [1.82, 2.24) is 5.32 Å². The van der Waals surface area contributed by atoms with E-state index in [1.165, 1.54) is 18.2 Å². The van der Waals surface area contributed by atoms with E-state index in [1.54, 1.807) is 0 Å². The zero-order chi connectivity index (χ0) is 14.7. The maximum Gasteiger partial charge on any atom is 0.335 e. The van der Waals surface area contributed by atoms with Gasteiger partial charge in [0, 0.05) is 0 Å². The second-order valence-electron chi connectivity index (χ2n) is 5.13. The highest BCUT2D eigenvalue weighted by molar-refractivity contribution is 6.34. The molecule has 20 heavy (non-hydrogen) atoms. The van der Waals surface area contributed by atoms with Crippen LogP contribution in [0, 0.1) is 5.92 Å². The van der Waals surface area contributed by atoms with Crippen LogP contribution in [0.4, 0.5) is 5.69 Å². The Kier molecular flexibility index (Phi) is 4.62. The average molecular weight is 297 g/mol. The van der Waals surface area contributed by atoms with Crippen LogP contribution in [0.3, 0.4) is 0 Å². The predicted octanol–water partition coefficient (Wildman–Crippen LogP) is 2.36. The van der Waals surface area contributed by atoms with Crippen molar-refractivity contribution in [2.45, 2.75) is 25.8 Å². The number of amides is 1. The summed E-state index contributed by atoms with van der Waals surface area (Å²) >= 11 is 5.99. The first-order chi connectivity index (χ1) is 9.47. The molecule has 1 aromatic carbocycles. The number of carbonyl (C=O) groups is 2. The molecule has 5 nitrogen and oxygen atoms in total. The summed E-state index contributed by atoms with van der Waals surface area (Å²) in [6.45, 7) is 2.95. The minimum Gasteiger partial charge on any atom is -0.478 e. The Labute approximate surface area is 122 Å². The molecule has 0 saturated carbocycles. The van der Waals surface area contributed by atoms with Gasteiger partial charge < -0.3 is 15.7 Å². The first kappa shape index (κ1) is 14.8. The number of rotatable bonds is 3. The highest BCUT2D eigenvalue weighted by Crippen LogP contribution is 2.24. The summed E-state index contributed by atoms with van der Waals surface area (Å²) in [6.07, 6.45) is 1.86. The Morgan fingerprint density at radius 3 is 2.80 bits per heavy atom. The number of carboxylic acids is 1. The van der Waals surface area contributed by atoms with Gasteiger partial charge in [-0.3, -0.25) is 4.79 Å². The third-order valence-corrected chi connectivity index (χ3v) is 3.77. The van der Waals surface area contributed by atoms with Crippen molar-refractivity contribution < 1.29 is 14.7 Å². The lowest BCUT2D eigenvalue weighted by atomic mass is 9.94. The van der Waals surface area contributed by atoms with E-state index in [-0.39, 0.29) is 22.5 Å². The number of hydrogen-bond donors (Lipinski definition) is 3. The molecule has 1 fully saturated rings. The highest BCUT2D eigenvalue weighted by Gasteiger charge is 2.25. The molecule has 1 aliphatic rings. The predicted molar refractivity (Wildman–Crippen MR) is 77.2 cm³/mol. The third-order valence-electron chi connectivity index (χ3n) is 3.46. The smallest absolute Gasteiger partial charge is 0.335 e. The van der Waals surface area contributed by atoms with Crippen molar-refractivity contribution in [3.05, 3.63) is 28.8 Å². The highest BCUT2D eigenvalue weighted by atomic mass is 35.5. The Morgan fingerprint density at radius 1 is 1.45 bits per heavy atom. The molecule has 1 aromatic rings. The van der Waals surface area contributed by atoms with Crippen molar-refractivity contribution in [2.75, 3.05) is 11.9 Å². The van der Waals surface area contributed by atoms with Gasteiger partial charge in [0.1, 0.15) is 0 Å². The van der Waals surface area contributed by atoms with Gasteiger partial charge in [0.2, 0.25) is 5.91 Å². The van der Waals surface area contributed by atoms with Crippen molar-refractivity contribution in [2.24, 2.45) is 5.92 Å². The second kappa shape index (κ2) is 6.24. The summed E-state index contributed by atoms with van der Waals surface area (Å²) in [5, 5.41) is 15.0. The molecule has 0 aromatic heterocycles. The Bertz CT molecular complexity index is 533. The van der Waals surface area contributed by atoms with Gasteiger partial charge in [-0.1, -0.05) is 18.5 Å². The molecule has 1 saturated heterocycles. The zero-order valence-electron chi connectivity index (χ0n) is 11.1. The summed E-state index contributed by atoms with van der Waals surface area (Å²) in [7, 11) is 0. The Morgan fingerprint density at radius 2 is 2.20 bits per heavy atom. The molecule has 2 atom stereocenters. The van der Waals surface area contributed by atoms with E-state index in [4.69, 9.17) is 16.7 Å². The summed E-state index contributed by atoms with van der Waals surface area (Å²) in [6, 6.07) is 4.03. The minimum atomic E-state index is -1.05. The number of halogens is 1. The van der Waals surface area contributed by atoms with Crippen LogP contribution >= 0.6 is 11.6 Å². The number of hydrogen-bond acceptors (Lipinski definition) is 3. The maximum atomic E-state index is 12.1. The fourth-order valence-corrected chi connectivity index (χ4v) is 2.50. The summed E-state index contributed by atoms with van der Waals surface area (Å²) in [5.41, 5.74) is 0.527. The molecule has 0 radical (unpaired) electrons. The molecular weight excluding hydrogens is 280 g/mol. The van der Waals surface area contributed by atoms with Crippen LogP contribution in [0.2, 0.25) is 5.02 Å². The van der Waals surface area contributed by atoms with Crippen LogP contribution in [0.1, 0.15) is 30.1 Å². The standard InChI is InChI=1S/C14H17ClN2O3/c1-8-4-5-16-12(6-8)13(18)17-11-3-2-9(14(19)20)7-10(11)15/h2-3,7-8,12,16H,4-6H2,1H3,(H,17,18)(H,19,20). The molecule has 1 amide bonds. The summed E-state index contributed by atoms with van der Waals surface area (Å²) < 4.78 is 0. The van der Waals surface area contributed by atoms with E-state index < -0.39 is 5.97 Å². The van der Waals surface area contributed by atoms with Crippen molar-refractivity contribution in [3.63, 3.8) is 0 Å². The minimum absolute atomic E-state index is 0.0948. The van der Waals surface area contributed by atoms with Gasteiger partial charge in [0.05, 0.1) is 22.3 Å². The molecule has 3 N–H and O–H groups in total. The van der Waals surface area contributed by atoms with Crippen molar-refractivity contribution in [1.29, 1.82) is 0 Å². The maximum absolute atomic E-state index is 12.1. The van der Waals surface area contributed by atoms with Crippen molar-refractivity contribution in [3.8, 4) is 0 Å². The summed E-state index contributed by atoms with van der Waals surface area (Å²) in [4.78, 5) is 22.9. The monoisotopic (exact) mass is 296 g/mol. The second-order valence-corrected chi connectivity index (χ2v) is 5.53. The van der Waals surface area contributed by atoms with Gasteiger partial charge >= 0.3 is 5.97 Å². The summed E-state index contributed by atoms with van der Waals surface area (Å²) in [5.74, 6) is -0.675. The van der Waals surface area contributed by atoms with Crippen LogP contribution in [-0.2, 0) is 4.79 Å². The van der Waals surface area contributed by atoms with Crippen LogP contribution in [0.15, 0.2) is 18.2 Å². The number of benzene rings is 1. The third kappa shape index (κ3) is 3.49. The van der Waals surface area contributed by atoms with Gasteiger partial charge in [-0.05, 0) is 43.5 Å². The first-order valence-corrected chi connectivity index (χ1v) is 6.92. The van der Waals surface area contributed by atoms with E-state index in [2.05, 4.69) is 17.6 Å². The molecule has 6 heteroatoms. The number of anilines is 1. The number of piperidine rings is 1. The fourth-order valence-electron chi connectivity index (χ4n) is 2.28. The molecule has 1 heterocycles. The van der Waals surface area contributed by atoms with Gasteiger partial charge in [0.25, 0.3) is 0 Å². The van der Waals surface area contributed by atoms with E-state index >= 15 is 0 Å². The van der Waals surface area contributed by atoms with E-state index in [9.17, 15) is 9.59 Å². The molecule has 108 valence electrons. The lowest BCUT2D eigenvalue weighted by Gasteiger charge is -2.27. The number of carboxylic acid groups (broad SMARTS) is 1. The molecular formula is C14H17ClN2O3. The molecule has 2 rings (SSSR count). The molecule has 0 aliphatic carbocycles. The van der Waals surface area contributed by atoms with Crippen LogP contribution in [0.25, 0.3) is 0 Å². The van der Waals surface area contributed by atoms with Gasteiger partial charge in [0.15, 0.2) is 0 Å². The number of aromatic carboxylic acids is 1. The number of nitrogens with one attached hydrogen (secondary N) is 2. The molecule has 0 spiro atoms. The van der Waals surface area contributed by atoms with E-state index in [1.807, 2.05) is 0 Å². The van der Waals surface area contributed by atoms with Gasteiger partial charge in [-0.15, -0.1) is 0 Å². The SMILES string of the molecule is CC1CCNC(C(=O)Nc2ccc(C(=O)O)cc2Cl)C1. The number of carbonyl (C=O) groups excluding carboxylic acids is 1. The van der Waals surface area contributed by atoms with Crippen LogP contribution in [-0.4, -0.2) is 29.6 Å². The quantitative estimate of drug-likeness (QED) is 0.800. The molecule has 1 aliphatic heterocycles.